The number of carbonyl (C=O) groups excluding carboxylic acids is 2. The predicted octanol–water partition coefficient (Wildman–Crippen LogP) is 5.64. The highest BCUT2D eigenvalue weighted by atomic mass is 35.5. The molecule has 0 radical (unpaired) electrons. The van der Waals surface area contributed by atoms with E-state index in [-0.39, 0.29) is 26.2 Å². The van der Waals surface area contributed by atoms with Gasteiger partial charge in [-0.3, -0.25) is 9.36 Å². The number of benzene rings is 3. The van der Waals surface area contributed by atoms with Crippen LogP contribution in [0.15, 0.2) is 72.8 Å². The van der Waals surface area contributed by atoms with Gasteiger partial charge in [0.25, 0.3) is 0 Å². The van der Waals surface area contributed by atoms with Crippen LogP contribution in [0.5, 0.6) is 5.75 Å². The zero-order chi connectivity index (χ0) is 30.0. The fourth-order valence-electron chi connectivity index (χ4n) is 3.53. The largest absolute Gasteiger partial charge is 0.493 e. The van der Waals surface area contributed by atoms with Gasteiger partial charge in [-0.1, -0.05) is 77.8 Å². The minimum absolute atomic E-state index is 0.0424. The molecule has 14 heteroatoms. The number of hydrogen-bond acceptors (Lipinski definition) is 5. The van der Waals surface area contributed by atoms with Crippen LogP contribution < -0.4 is 15.4 Å². The number of ether oxygens (including phenoxy) is 2. The van der Waals surface area contributed by atoms with E-state index in [1.165, 1.54) is 12.1 Å². The third kappa shape index (κ3) is 9.69. The van der Waals surface area contributed by atoms with Crippen LogP contribution in [-0.2, 0) is 32.8 Å². The molecule has 41 heavy (non-hydrogen) atoms. The van der Waals surface area contributed by atoms with Crippen LogP contribution in [0.4, 0.5) is 13.6 Å². The minimum atomic E-state index is -5.74. The molecule has 0 saturated heterocycles. The van der Waals surface area contributed by atoms with Crippen molar-refractivity contribution in [3.63, 3.8) is 0 Å². The number of amides is 2. The van der Waals surface area contributed by atoms with Crippen molar-refractivity contribution in [2.75, 3.05) is 13.2 Å². The van der Waals surface area contributed by atoms with E-state index in [0.717, 1.165) is 17.7 Å². The summed E-state index contributed by atoms with van der Waals surface area (Å²) in [4.78, 5) is 43.3. The molecule has 0 fully saturated rings. The van der Waals surface area contributed by atoms with Gasteiger partial charge in [0, 0.05) is 24.6 Å². The molecule has 0 aliphatic heterocycles. The quantitative estimate of drug-likeness (QED) is 0.142. The predicted molar refractivity (Wildman–Crippen MR) is 149 cm³/mol. The summed E-state index contributed by atoms with van der Waals surface area (Å²) >= 11 is 11.8. The molecular weight excluding hydrogens is 604 g/mol. The van der Waals surface area contributed by atoms with Crippen molar-refractivity contribution < 1.29 is 42.2 Å². The Balaban J connectivity index is 1.61. The molecule has 0 aliphatic carbocycles. The van der Waals surface area contributed by atoms with Gasteiger partial charge in [-0.15, -0.1) is 0 Å². The summed E-state index contributed by atoms with van der Waals surface area (Å²) in [6.07, 6.45) is -0.585. The summed E-state index contributed by atoms with van der Waals surface area (Å²) in [5.74, 6) is -0.0694. The number of alkyl carbamates (subject to hydrolysis) is 1. The Morgan fingerprint density at radius 3 is 2.27 bits per heavy atom. The van der Waals surface area contributed by atoms with Crippen molar-refractivity contribution in [1.82, 2.24) is 10.6 Å². The number of nitrogens with one attached hydrogen (secondary N) is 2. The number of carbonyl (C=O) groups is 2. The Hall–Kier alpha value is -3.21. The Morgan fingerprint density at radius 1 is 0.951 bits per heavy atom. The maximum absolute atomic E-state index is 14.0. The van der Waals surface area contributed by atoms with E-state index >= 15 is 0 Å². The van der Waals surface area contributed by atoms with Gasteiger partial charge in [0.1, 0.15) is 18.4 Å². The topological polar surface area (TPSA) is 134 Å². The third-order valence-electron chi connectivity index (χ3n) is 5.71. The maximum Gasteiger partial charge on any atom is 0.408 e. The molecule has 0 spiro atoms. The summed E-state index contributed by atoms with van der Waals surface area (Å²) in [6.45, 7) is 0.384. The zero-order valence-corrected chi connectivity index (χ0v) is 23.8. The standard InChI is InChI=1S/C27H27Cl2F2N2O7P/c28-22-12-11-21(16-23(22)29)39-14-4-13-32-25(34)24(33-26(35)40-17-19-5-2-1-3-6-19)15-18-7-9-20(10-8-18)27(30,31)41(36,37)38/h1-3,5-12,16,24H,4,13-15,17H2,(H,32,34)(H,33,35)(H2,36,37,38)/t24-/m0/s1. The zero-order valence-electron chi connectivity index (χ0n) is 21.4. The first kappa shape index (κ1) is 32.3. The lowest BCUT2D eigenvalue weighted by molar-refractivity contribution is -0.123. The van der Waals surface area contributed by atoms with Crippen molar-refractivity contribution in [3.05, 3.63) is 99.5 Å². The van der Waals surface area contributed by atoms with Crippen LogP contribution in [0.3, 0.4) is 0 Å². The highest BCUT2D eigenvalue weighted by Crippen LogP contribution is 2.59. The highest BCUT2D eigenvalue weighted by molar-refractivity contribution is 7.52. The molecule has 0 heterocycles. The lowest BCUT2D eigenvalue weighted by atomic mass is 10.0. The smallest absolute Gasteiger partial charge is 0.408 e. The second-order valence-corrected chi connectivity index (χ2v) is 11.3. The molecule has 0 aromatic heterocycles. The molecule has 2 amide bonds. The molecule has 1 atom stereocenters. The summed E-state index contributed by atoms with van der Waals surface area (Å²) < 4.78 is 50.0. The number of rotatable bonds is 13. The van der Waals surface area contributed by atoms with Crippen molar-refractivity contribution in [2.45, 2.75) is 31.2 Å². The van der Waals surface area contributed by atoms with Crippen LogP contribution in [0.2, 0.25) is 10.0 Å². The first-order valence-electron chi connectivity index (χ1n) is 12.2. The van der Waals surface area contributed by atoms with E-state index in [0.29, 0.717) is 27.8 Å². The maximum atomic E-state index is 14.0. The molecule has 3 aromatic carbocycles. The molecule has 220 valence electrons. The van der Waals surface area contributed by atoms with Gasteiger partial charge in [0.05, 0.1) is 16.7 Å². The van der Waals surface area contributed by atoms with Crippen molar-refractivity contribution >= 4 is 42.8 Å². The van der Waals surface area contributed by atoms with Gasteiger partial charge in [-0.05, 0) is 29.7 Å². The van der Waals surface area contributed by atoms with Crippen molar-refractivity contribution in [2.24, 2.45) is 0 Å². The van der Waals surface area contributed by atoms with Crippen LogP contribution in [-0.4, -0.2) is 41.0 Å². The fraction of sp³-hybridized carbons (Fsp3) is 0.259. The van der Waals surface area contributed by atoms with E-state index in [9.17, 15) is 22.9 Å². The second kappa shape index (κ2) is 14.6. The first-order valence-corrected chi connectivity index (χ1v) is 14.6. The van der Waals surface area contributed by atoms with Gasteiger partial charge in [0.2, 0.25) is 5.91 Å². The van der Waals surface area contributed by atoms with Crippen LogP contribution in [0.25, 0.3) is 0 Å². The Bertz CT molecular complexity index is 1380. The molecule has 3 aromatic rings. The molecule has 0 unspecified atom stereocenters. The average Bonchev–Trinajstić information content (AvgIpc) is 2.93. The van der Waals surface area contributed by atoms with E-state index in [4.69, 9.17) is 42.5 Å². The normalized spacial score (nSPS) is 12.3. The van der Waals surface area contributed by atoms with E-state index in [2.05, 4.69) is 10.6 Å². The molecule has 0 bridgehead atoms. The van der Waals surface area contributed by atoms with Crippen LogP contribution in [0, 0.1) is 0 Å². The number of hydrogen-bond donors (Lipinski definition) is 4. The van der Waals surface area contributed by atoms with E-state index < -0.39 is 36.9 Å². The Kier molecular flexibility index (Phi) is 11.5. The van der Waals surface area contributed by atoms with Crippen LogP contribution >= 0.6 is 30.8 Å². The van der Waals surface area contributed by atoms with E-state index in [1.54, 1.807) is 48.5 Å². The highest BCUT2D eigenvalue weighted by Gasteiger charge is 2.50. The molecule has 4 N–H and O–H groups in total. The summed E-state index contributed by atoms with van der Waals surface area (Å²) in [7, 11) is -5.74. The molecule has 9 nitrogen and oxygen atoms in total. The fourth-order valence-corrected chi connectivity index (χ4v) is 4.30. The monoisotopic (exact) mass is 630 g/mol. The number of alkyl halides is 2. The van der Waals surface area contributed by atoms with Gasteiger partial charge in [0.15, 0.2) is 0 Å². The van der Waals surface area contributed by atoms with Gasteiger partial charge in [-0.2, -0.15) is 8.78 Å². The van der Waals surface area contributed by atoms with Crippen molar-refractivity contribution in [3.8, 4) is 5.75 Å². The summed E-state index contributed by atoms with van der Waals surface area (Å²) in [5.41, 5.74) is -4.18. The minimum Gasteiger partial charge on any atom is -0.493 e. The summed E-state index contributed by atoms with van der Waals surface area (Å²) in [6, 6.07) is 16.6. The van der Waals surface area contributed by atoms with E-state index in [1.807, 2.05) is 0 Å². The van der Waals surface area contributed by atoms with Crippen molar-refractivity contribution in [1.29, 1.82) is 0 Å². The van der Waals surface area contributed by atoms with Crippen LogP contribution in [0.1, 0.15) is 23.1 Å². The SMILES string of the molecule is O=C(N[C@@H](Cc1ccc(C(F)(F)P(=O)(O)O)cc1)C(=O)NCCCOc1ccc(Cl)c(Cl)c1)OCc1ccccc1. The Morgan fingerprint density at radius 2 is 1.63 bits per heavy atom. The molecule has 0 aliphatic rings. The second-order valence-electron chi connectivity index (χ2n) is 8.81. The molecule has 0 saturated carbocycles. The lowest BCUT2D eigenvalue weighted by Crippen LogP contribution is -2.48. The average molecular weight is 631 g/mol. The van der Waals surface area contributed by atoms with Gasteiger partial charge in [-0.25, -0.2) is 4.79 Å². The molecular formula is C27H27Cl2F2N2O7P. The first-order chi connectivity index (χ1) is 19.4. The van der Waals surface area contributed by atoms with Gasteiger partial charge >= 0.3 is 19.4 Å². The molecule has 3 rings (SSSR count). The van der Waals surface area contributed by atoms with Gasteiger partial charge < -0.3 is 29.9 Å². The third-order valence-corrected chi connectivity index (χ3v) is 7.44. The Labute approximate surface area is 244 Å². The lowest BCUT2D eigenvalue weighted by Gasteiger charge is -2.20. The summed E-state index contributed by atoms with van der Waals surface area (Å²) in [5, 5.41) is 5.89. The number of halogens is 4.